The summed E-state index contributed by atoms with van der Waals surface area (Å²) in [6, 6.07) is 8.80. The molecule has 1 aliphatic carbocycles. The first-order chi connectivity index (χ1) is 26.1. The fourth-order valence-electron chi connectivity index (χ4n) is 7.78. The van der Waals surface area contributed by atoms with Crippen LogP contribution < -0.4 is 16.0 Å². The minimum Gasteiger partial charge on any atom is -0.444 e. The van der Waals surface area contributed by atoms with Crippen LogP contribution in [0.15, 0.2) is 48.6 Å². The van der Waals surface area contributed by atoms with Crippen molar-refractivity contribution in [1.29, 1.82) is 0 Å². The standard InChI is InChI=1S/C42H54FN5O7/c1-26-16-17-28(20-27(26)2)18-19-44-38(51)42-22-30(42)13-9-7-6-8-10-15-34(45-39(52)55-41(3,4)5)37(50)48-24-31(21-35(48)36(49)46-42)54-40(53)47-23-29-12-11-14-33(43)32(29)25-47/h9,11-14,16-17,20,30-31,34-35H,6-8,10,15,18-19,21-25H2,1-5H3,(H,44,51)(H,45,52)(H,46,49)/t30?,31?,34?,35-,42?/m0/s1. The van der Waals surface area contributed by atoms with E-state index in [1.807, 2.05) is 18.2 Å². The van der Waals surface area contributed by atoms with Crippen LogP contribution in [0.4, 0.5) is 14.0 Å². The predicted molar refractivity (Wildman–Crippen MR) is 203 cm³/mol. The van der Waals surface area contributed by atoms with Gasteiger partial charge in [-0.3, -0.25) is 19.3 Å². The van der Waals surface area contributed by atoms with Crippen molar-refractivity contribution in [2.45, 2.75) is 128 Å². The van der Waals surface area contributed by atoms with Gasteiger partial charge in [0.05, 0.1) is 13.1 Å². The maximum absolute atomic E-state index is 14.5. The summed E-state index contributed by atoms with van der Waals surface area (Å²) in [5, 5.41) is 8.80. The molecule has 4 aliphatic rings. The van der Waals surface area contributed by atoms with Gasteiger partial charge >= 0.3 is 12.2 Å². The first kappa shape index (κ1) is 39.7. The Balaban J connectivity index is 1.22. The van der Waals surface area contributed by atoms with Crippen molar-refractivity contribution < 1.29 is 37.8 Å². The van der Waals surface area contributed by atoms with E-state index in [0.29, 0.717) is 43.4 Å². The number of alkyl carbamates (subject to hydrolysis) is 1. The molecule has 13 heteroatoms. The molecule has 2 aromatic carbocycles. The van der Waals surface area contributed by atoms with Gasteiger partial charge in [-0.15, -0.1) is 0 Å². The average molecular weight is 760 g/mol. The summed E-state index contributed by atoms with van der Waals surface area (Å²) in [4.78, 5) is 71.8. The number of halogens is 1. The highest BCUT2D eigenvalue weighted by Crippen LogP contribution is 2.45. The Morgan fingerprint density at radius 1 is 1.04 bits per heavy atom. The second kappa shape index (κ2) is 16.4. The minimum absolute atomic E-state index is 0.0252. The number of hydrogen-bond donors (Lipinski definition) is 3. The van der Waals surface area contributed by atoms with Crippen molar-refractivity contribution >= 4 is 29.9 Å². The predicted octanol–water partition coefficient (Wildman–Crippen LogP) is 5.51. The lowest BCUT2D eigenvalue weighted by molar-refractivity contribution is -0.141. The molecular weight excluding hydrogens is 705 g/mol. The SMILES string of the molecule is Cc1ccc(CCNC(=O)C23CC2C=CCCCCCC(NC(=O)OC(C)(C)C)C(=O)N2CC(OC(=O)N4Cc5cccc(F)c5C4)C[C@H]2C(=O)N3)cc1C. The van der Waals surface area contributed by atoms with Crippen LogP contribution in [-0.4, -0.2) is 82.1 Å². The van der Waals surface area contributed by atoms with E-state index in [9.17, 15) is 28.4 Å². The number of amides is 5. The molecule has 0 aromatic heterocycles. The van der Waals surface area contributed by atoms with Gasteiger partial charge in [-0.2, -0.15) is 0 Å². The first-order valence-corrected chi connectivity index (χ1v) is 19.5. The number of hydrogen-bond acceptors (Lipinski definition) is 7. The third-order valence-corrected chi connectivity index (χ3v) is 11.1. The molecule has 0 radical (unpaired) electrons. The lowest BCUT2D eigenvalue weighted by Gasteiger charge is -2.30. The van der Waals surface area contributed by atoms with Crippen molar-refractivity contribution in [3.8, 4) is 0 Å². The number of rotatable bonds is 6. The lowest BCUT2D eigenvalue weighted by atomic mass is 10.0. The van der Waals surface area contributed by atoms with E-state index in [0.717, 1.165) is 24.8 Å². The maximum Gasteiger partial charge on any atom is 0.410 e. The molecule has 1 saturated heterocycles. The number of allylic oxidation sites excluding steroid dienone is 1. The van der Waals surface area contributed by atoms with Crippen LogP contribution in [0.2, 0.25) is 0 Å². The molecule has 2 fully saturated rings. The third-order valence-electron chi connectivity index (χ3n) is 11.1. The monoisotopic (exact) mass is 759 g/mol. The Bertz CT molecular complexity index is 1840. The Morgan fingerprint density at radius 2 is 1.84 bits per heavy atom. The number of carbonyl (C=O) groups is 5. The minimum atomic E-state index is -1.21. The molecule has 4 unspecified atom stereocenters. The molecule has 0 spiro atoms. The van der Waals surface area contributed by atoms with E-state index in [-0.39, 0.29) is 37.9 Å². The van der Waals surface area contributed by atoms with Crippen LogP contribution in [0.1, 0.15) is 93.5 Å². The van der Waals surface area contributed by atoms with Gasteiger partial charge in [0.1, 0.15) is 35.1 Å². The second-order valence-electron chi connectivity index (χ2n) is 16.4. The fraction of sp³-hybridized carbons (Fsp3) is 0.548. The molecular formula is C42H54FN5O7. The van der Waals surface area contributed by atoms with E-state index < -0.39 is 59.1 Å². The fourth-order valence-corrected chi connectivity index (χ4v) is 7.78. The quantitative estimate of drug-likeness (QED) is 0.330. The zero-order valence-electron chi connectivity index (χ0n) is 32.5. The highest BCUT2D eigenvalue weighted by atomic mass is 19.1. The van der Waals surface area contributed by atoms with Crippen LogP contribution in [0.25, 0.3) is 0 Å². The van der Waals surface area contributed by atoms with Gasteiger partial charge in [-0.05, 0) is 95.0 Å². The van der Waals surface area contributed by atoms with Crippen molar-refractivity contribution in [3.05, 3.63) is 82.2 Å². The molecule has 6 rings (SSSR count). The van der Waals surface area contributed by atoms with Crippen LogP contribution in [-0.2, 0) is 43.4 Å². The van der Waals surface area contributed by atoms with Gasteiger partial charge in [-0.25, -0.2) is 14.0 Å². The molecule has 3 heterocycles. The Morgan fingerprint density at radius 3 is 2.58 bits per heavy atom. The van der Waals surface area contributed by atoms with Crippen molar-refractivity contribution in [2.75, 3.05) is 13.1 Å². The van der Waals surface area contributed by atoms with E-state index >= 15 is 0 Å². The molecule has 0 bridgehead atoms. The number of fused-ring (bicyclic) bond motifs is 3. The zero-order valence-corrected chi connectivity index (χ0v) is 32.5. The summed E-state index contributed by atoms with van der Waals surface area (Å²) < 4.78 is 25.9. The van der Waals surface area contributed by atoms with Crippen LogP contribution in [0.3, 0.4) is 0 Å². The van der Waals surface area contributed by atoms with E-state index in [2.05, 4.69) is 41.9 Å². The van der Waals surface area contributed by atoms with Crippen molar-refractivity contribution in [3.63, 3.8) is 0 Å². The first-order valence-electron chi connectivity index (χ1n) is 19.5. The lowest BCUT2D eigenvalue weighted by Crippen LogP contribution is -2.58. The molecule has 5 atom stereocenters. The number of nitrogens with one attached hydrogen (secondary N) is 3. The Labute approximate surface area is 322 Å². The Hall–Kier alpha value is -4.94. The van der Waals surface area contributed by atoms with Gasteiger partial charge in [0.2, 0.25) is 17.7 Å². The number of nitrogens with zero attached hydrogens (tertiary/aromatic N) is 2. The molecule has 3 N–H and O–H groups in total. The van der Waals surface area contributed by atoms with Gasteiger partial charge < -0.3 is 30.3 Å². The summed E-state index contributed by atoms with van der Waals surface area (Å²) in [6.07, 6.45) is 6.05. The normalized spacial score (nSPS) is 25.4. The van der Waals surface area contributed by atoms with Crippen LogP contribution in [0, 0.1) is 25.6 Å². The van der Waals surface area contributed by atoms with Crippen molar-refractivity contribution in [1.82, 2.24) is 25.8 Å². The van der Waals surface area contributed by atoms with E-state index in [4.69, 9.17) is 9.47 Å². The molecule has 1 saturated carbocycles. The smallest absolute Gasteiger partial charge is 0.410 e. The second-order valence-corrected chi connectivity index (χ2v) is 16.4. The largest absolute Gasteiger partial charge is 0.444 e. The summed E-state index contributed by atoms with van der Waals surface area (Å²) in [5.41, 5.74) is 2.56. The highest BCUT2D eigenvalue weighted by molar-refractivity contribution is 5.98. The Kier molecular flexibility index (Phi) is 11.9. The summed E-state index contributed by atoms with van der Waals surface area (Å²) in [7, 11) is 0. The van der Waals surface area contributed by atoms with Gasteiger partial charge in [0.25, 0.3) is 0 Å². The topological polar surface area (TPSA) is 146 Å². The summed E-state index contributed by atoms with van der Waals surface area (Å²) in [5.74, 6) is -1.99. The third kappa shape index (κ3) is 9.48. The number of ether oxygens (including phenoxy) is 2. The van der Waals surface area contributed by atoms with Gasteiger partial charge in [0.15, 0.2) is 0 Å². The molecule has 12 nitrogen and oxygen atoms in total. The summed E-state index contributed by atoms with van der Waals surface area (Å²) in [6.45, 7) is 9.77. The number of carbonyl (C=O) groups excluding carboxylic acids is 5. The molecule has 55 heavy (non-hydrogen) atoms. The maximum atomic E-state index is 14.5. The zero-order chi connectivity index (χ0) is 39.5. The van der Waals surface area contributed by atoms with Crippen LogP contribution in [0.5, 0.6) is 0 Å². The van der Waals surface area contributed by atoms with Gasteiger partial charge in [-0.1, -0.05) is 55.3 Å². The van der Waals surface area contributed by atoms with Gasteiger partial charge in [0, 0.05) is 31.0 Å². The van der Waals surface area contributed by atoms with E-state index in [1.165, 1.54) is 27.0 Å². The molecule has 2 aromatic rings. The summed E-state index contributed by atoms with van der Waals surface area (Å²) >= 11 is 0. The highest BCUT2D eigenvalue weighted by Gasteiger charge is 2.61. The molecule has 3 aliphatic heterocycles. The molecule has 296 valence electrons. The average Bonchev–Trinajstić information content (AvgIpc) is 3.41. The van der Waals surface area contributed by atoms with Crippen molar-refractivity contribution in [2.24, 2.45) is 5.92 Å². The van der Waals surface area contributed by atoms with E-state index in [1.54, 1.807) is 32.9 Å². The number of benzene rings is 2. The molecule has 5 amide bonds. The number of aryl methyl sites for hydroxylation is 2. The van der Waals surface area contributed by atoms with Crippen LogP contribution >= 0.6 is 0 Å².